The summed E-state index contributed by atoms with van der Waals surface area (Å²) >= 11 is 6.05. The fraction of sp³-hybridized carbons (Fsp3) is 0.231. The van der Waals surface area contributed by atoms with Gasteiger partial charge in [0.15, 0.2) is 0 Å². The van der Waals surface area contributed by atoms with Gasteiger partial charge in [-0.1, -0.05) is 11.6 Å². The van der Waals surface area contributed by atoms with Crippen molar-refractivity contribution in [2.75, 3.05) is 7.05 Å². The molecular formula is C13H13ClFN3. The van der Waals surface area contributed by atoms with E-state index in [-0.39, 0.29) is 11.9 Å². The van der Waals surface area contributed by atoms with Gasteiger partial charge in [-0.25, -0.2) is 14.4 Å². The molecule has 0 saturated carbocycles. The van der Waals surface area contributed by atoms with Gasteiger partial charge in [-0.15, -0.1) is 0 Å². The molecule has 1 aromatic carbocycles. The van der Waals surface area contributed by atoms with Crippen LogP contribution in [0, 0.1) is 5.82 Å². The van der Waals surface area contributed by atoms with Crippen LogP contribution in [0.3, 0.4) is 0 Å². The third-order valence-corrected chi connectivity index (χ3v) is 3.05. The van der Waals surface area contributed by atoms with Crippen molar-refractivity contribution in [1.29, 1.82) is 0 Å². The third-order valence-electron chi connectivity index (χ3n) is 2.68. The highest BCUT2D eigenvalue weighted by molar-refractivity contribution is 6.31. The lowest BCUT2D eigenvalue weighted by molar-refractivity contribution is 0.553. The summed E-state index contributed by atoms with van der Waals surface area (Å²) in [6.45, 7) is 0. The molecule has 0 aliphatic rings. The van der Waals surface area contributed by atoms with Gasteiger partial charge in [-0.2, -0.15) is 0 Å². The maximum atomic E-state index is 13.2. The standard InChI is InChI=1S/C13H13ClFN3/c1-16-12(13-17-5-2-6-18-13)8-9-7-10(15)3-4-11(9)14/h2-7,12,16H,8H2,1H3. The Morgan fingerprint density at radius 1 is 1.33 bits per heavy atom. The molecule has 5 heteroatoms. The lowest BCUT2D eigenvalue weighted by Crippen LogP contribution is -2.21. The SMILES string of the molecule is CNC(Cc1cc(F)ccc1Cl)c1ncccn1. The number of benzene rings is 1. The smallest absolute Gasteiger partial charge is 0.145 e. The molecule has 2 aromatic rings. The Hall–Kier alpha value is -1.52. The highest BCUT2D eigenvalue weighted by Crippen LogP contribution is 2.22. The number of halogens is 2. The van der Waals surface area contributed by atoms with E-state index in [9.17, 15) is 4.39 Å². The van der Waals surface area contributed by atoms with Crippen molar-refractivity contribution in [3.05, 3.63) is 58.9 Å². The molecule has 0 aliphatic heterocycles. The first-order chi connectivity index (χ1) is 8.70. The minimum absolute atomic E-state index is 0.0921. The summed E-state index contributed by atoms with van der Waals surface area (Å²) in [5.41, 5.74) is 0.739. The monoisotopic (exact) mass is 265 g/mol. The second-order valence-corrected chi connectivity index (χ2v) is 4.30. The molecule has 0 fully saturated rings. The van der Waals surface area contributed by atoms with Crippen LogP contribution in [0.1, 0.15) is 17.4 Å². The molecular weight excluding hydrogens is 253 g/mol. The Morgan fingerprint density at radius 3 is 2.72 bits per heavy atom. The lowest BCUT2D eigenvalue weighted by Gasteiger charge is -2.15. The Kier molecular flexibility index (Phi) is 4.23. The zero-order valence-electron chi connectivity index (χ0n) is 9.90. The zero-order chi connectivity index (χ0) is 13.0. The first-order valence-electron chi connectivity index (χ1n) is 5.59. The Labute approximate surface area is 110 Å². The molecule has 3 nitrogen and oxygen atoms in total. The lowest BCUT2D eigenvalue weighted by atomic mass is 10.1. The number of rotatable bonds is 4. The Balaban J connectivity index is 2.23. The second-order valence-electron chi connectivity index (χ2n) is 3.89. The van der Waals surface area contributed by atoms with Gasteiger partial charge in [0.2, 0.25) is 0 Å². The molecule has 1 heterocycles. The van der Waals surface area contributed by atoms with Crippen LogP contribution >= 0.6 is 11.6 Å². The van der Waals surface area contributed by atoms with Crippen molar-refractivity contribution >= 4 is 11.6 Å². The molecule has 0 amide bonds. The van der Waals surface area contributed by atoms with Crippen LogP contribution in [0.25, 0.3) is 0 Å². The average Bonchev–Trinajstić information content (AvgIpc) is 2.41. The van der Waals surface area contributed by atoms with Crippen LogP contribution < -0.4 is 5.32 Å². The summed E-state index contributed by atoms with van der Waals surface area (Å²) in [5, 5.41) is 3.66. The van der Waals surface area contributed by atoms with E-state index in [2.05, 4.69) is 15.3 Å². The van der Waals surface area contributed by atoms with Crippen LogP contribution in [-0.4, -0.2) is 17.0 Å². The number of nitrogens with one attached hydrogen (secondary N) is 1. The molecule has 0 spiro atoms. The minimum atomic E-state index is -0.293. The largest absolute Gasteiger partial charge is 0.310 e. The second kappa shape index (κ2) is 5.89. The molecule has 18 heavy (non-hydrogen) atoms. The predicted molar refractivity (Wildman–Crippen MR) is 68.9 cm³/mol. The van der Waals surface area contributed by atoms with Crippen molar-refractivity contribution in [3.8, 4) is 0 Å². The number of hydrogen-bond donors (Lipinski definition) is 1. The van der Waals surface area contributed by atoms with Gasteiger partial charge in [-0.05, 0) is 43.3 Å². The van der Waals surface area contributed by atoms with E-state index in [0.717, 1.165) is 5.56 Å². The molecule has 94 valence electrons. The molecule has 2 rings (SSSR count). The van der Waals surface area contributed by atoms with Crippen molar-refractivity contribution in [1.82, 2.24) is 15.3 Å². The van der Waals surface area contributed by atoms with E-state index in [1.165, 1.54) is 12.1 Å². The van der Waals surface area contributed by atoms with Crippen LogP contribution in [0.4, 0.5) is 4.39 Å². The first-order valence-corrected chi connectivity index (χ1v) is 5.96. The van der Waals surface area contributed by atoms with Gasteiger partial charge in [0.25, 0.3) is 0 Å². The topological polar surface area (TPSA) is 37.8 Å². The fourth-order valence-corrected chi connectivity index (χ4v) is 1.93. The van der Waals surface area contributed by atoms with Crippen molar-refractivity contribution in [2.45, 2.75) is 12.5 Å². The molecule has 1 aromatic heterocycles. The van der Waals surface area contributed by atoms with Gasteiger partial charge in [0.05, 0.1) is 6.04 Å². The number of likely N-dealkylation sites (N-methyl/N-ethyl adjacent to an activating group) is 1. The van der Waals surface area contributed by atoms with E-state index in [1.807, 2.05) is 7.05 Å². The quantitative estimate of drug-likeness (QED) is 0.924. The first kappa shape index (κ1) is 12.9. The average molecular weight is 266 g/mol. The van der Waals surface area contributed by atoms with E-state index < -0.39 is 0 Å². The van der Waals surface area contributed by atoms with Crippen molar-refractivity contribution in [3.63, 3.8) is 0 Å². The maximum absolute atomic E-state index is 13.2. The summed E-state index contributed by atoms with van der Waals surface area (Å²) in [5.74, 6) is 0.374. The van der Waals surface area contributed by atoms with Gasteiger partial charge in [0.1, 0.15) is 11.6 Å². The summed E-state index contributed by atoms with van der Waals surface area (Å²) in [6, 6.07) is 6.01. The normalized spacial score (nSPS) is 12.4. The Bertz CT molecular complexity index is 519. The van der Waals surface area contributed by atoms with E-state index >= 15 is 0 Å². The summed E-state index contributed by atoms with van der Waals surface area (Å²) in [4.78, 5) is 8.38. The summed E-state index contributed by atoms with van der Waals surface area (Å²) in [6.07, 6.45) is 3.90. The van der Waals surface area contributed by atoms with Crippen molar-refractivity contribution < 1.29 is 4.39 Å². The highest BCUT2D eigenvalue weighted by Gasteiger charge is 2.14. The van der Waals surface area contributed by atoms with Gasteiger partial charge in [-0.3, -0.25) is 0 Å². The summed E-state index contributed by atoms with van der Waals surface area (Å²) in [7, 11) is 1.81. The number of hydrogen-bond acceptors (Lipinski definition) is 3. The van der Waals surface area contributed by atoms with E-state index in [0.29, 0.717) is 17.3 Å². The zero-order valence-corrected chi connectivity index (χ0v) is 10.7. The minimum Gasteiger partial charge on any atom is -0.310 e. The van der Waals surface area contributed by atoms with Gasteiger partial charge >= 0.3 is 0 Å². The van der Waals surface area contributed by atoms with Crippen LogP contribution in [-0.2, 0) is 6.42 Å². The fourth-order valence-electron chi connectivity index (χ4n) is 1.73. The molecule has 1 unspecified atom stereocenters. The summed E-state index contributed by atoms with van der Waals surface area (Å²) < 4.78 is 13.2. The molecule has 0 radical (unpaired) electrons. The highest BCUT2D eigenvalue weighted by atomic mass is 35.5. The molecule has 1 N–H and O–H groups in total. The van der Waals surface area contributed by atoms with Crippen LogP contribution in [0.2, 0.25) is 5.02 Å². The van der Waals surface area contributed by atoms with E-state index in [1.54, 1.807) is 24.5 Å². The van der Waals surface area contributed by atoms with Crippen LogP contribution in [0.15, 0.2) is 36.7 Å². The number of nitrogens with zero attached hydrogens (tertiary/aromatic N) is 2. The van der Waals surface area contributed by atoms with Crippen molar-refractivity contribution in [2.24, 2.45) is 0 Å². The van der Waals surface area contributed by atoms with Gasteiger partial charge < -0.3 is 5.32 Å². The van der Waals surface area contributed by atoms with Gasteiger partial charge in [0, 0.05) is 17.4 Å². The Morgan fingerprint density at radius 2 is 2.06 bits per heavy atom. The molecule has 0 aliphatic carbocycles. The molecule has 0 bridgehead atoms. The predicted octanol–water partition coefficient (Wildman–Crippen LogP) is 2.77. The number of aromatic nitrogens is 2. The maximum Gasteiger partial charge on any atom is 0.145 e. The molecule has 1 atom stereocenters. The van der Waals surface area contributed by atoms with E-state index in [4.69, 9.17) is 11.6 Å². The molecule has 0 saturated heterocycles. The third kappa shape index (κ3) is 3.03. The van der Waals surface area contributed by atoms with Crippen LogP contribution in [0.5, 0.6) is 0 Å².